The fourth-order valence-corrected chi connectivity index (χ4v) is 2.61. The average Bonchev–Trinajstić information content (AvgIpc) is 2.79. The summed E-state index contributed by atoms with van der Waals surface area (Å²) in [6.45, 7) is 1.49. The molecule has 0 bridgehead atoms. The van der Waals surface area contributed by atoms with Gasteiger partial charge in [0, 0.05) is 22.5 Å². The quantitative estimate of drug-likeness (QED) is 0.925. The lowest BCUT2D eigenvalue weighted by atomic mass is 10.1. The number of carbonyl (C=O) groups is 2. The molecule has 1 N–H and O–H groups in total. The number of thiophene rings is 1. The maximum Gasteiger partial charge on any atom is 0.326 e. The monoisotopic (exact) mass is 263 g/mol. The van der Waals surface area contributed by atoms with Crippen molar-refractivity contribution >= 4 is 33.3 Å². The van der Waals surface area contributed by atoms with Gasteiger partial charge < -0.3 is 10.0 Å². The van der Waals surface area contributed by atoms with Gasteiger partial charge in [0.1, 0.15) is 6.04 Å². The molecule has 1 atom stereocenters. The molecule has 0 saturated carbocycles. The number of carboxylic acid groups (broad SMARTS) is 1. The molecule has 0 radical (unpaired) electrons. The molecule has 0 aliphatic rings. The Morgan fingerprint density at radius 2 is 2.00 bits per heavy atom. The third kappa shape index (κ3) is 2.09. The van der Waals surface area contributed by atoms with Crippen molar-refractivity contribution < 1.29 is 14.7 Å². The van der Waals surface area contributed by atoms with Crippen LogP contribution in [0.2, 0.25) is 0 Å². The van der Waals surface area contributed by atoms with E-state index in [0.29, 0.717) is 5.56 Å². The van der Waals surface area contributed by atoms with Crippen molar-refractivity contribution in [1.82, 2.24) is 4.90 Å². The van der Waals surface area contributed by atoms with Gasteiger partial charge in [-0.1, -0.05) is 18.2 Å². The van der Waals surface area contributed by atoms with Crippen LogP contribution in [0.4, 0.5) is 0 Å². The smallest absolute Gasteiger partial charge is 0.326 e. The molecule has 18 heavy (non-hydrogen) atoms. The molecule has 4 nitrogen and oxygen atoms in total. The minimum Gasteiger partial charge on any atom is -0.480 e. The van der Waals surface area contributed by atoms with Crippen LogP contribution in [0, 0.1) is 0 Å². The number of carbonyl (C=O) groups excluding carboxylic acids is 1. The number of nitrogens with zero attached hydrogens (tertiary/aromatic N) is 1. The van der Waals surface area contributed by atoms with Crippen molar-refractivity contribution in [1.29, 1.82) is 0 Å². The van der Waals surface area contributed by atoms with Crippen molar-refractivity contribution in [2.24, 2.45) is 0 Å². The Kier molecular flexibility index (Phi) is 3.34. The number of carboxylic acids is 1. The van der Waals surface area contributed by atoms with Gasteiger partial charge in [-0.05, 0) is 13.0 Å². The van der Waals surface area contributed by atoms with Crippen LogP contribution in [0.15, 0.2) is 29.6 Å². The first-order valence-electron chi connectivity index (χ1n) is 5.48. The first-order valence-corrected chi connectivity index (χ1v) is 6.36. The van der Waals surface area contributed by atoms with E-state index in [0.717, 1.165) is 10.1 Å². The van der Waals surface area contributed by atoms with Gasteiger partial charge in [-0.25, -0.2) is 4.79 Å². The van der Waals surface area contributed by atoms with Crippen molar-refractivity contribution in [2.45, 2.75) is 13.0 Å². The van der Waals surface area contributed by atoms with Gasteiger partial charge in [0.25, 0.3) is 5.91 Å². The topological polar surface area (TPSA) is 57.6 Å². The molecule has 0 saturated heterocycles. The zero-order chi connectivity index (χ0) is 13.3. The van der Waals surface area contributed by atoms with E-state index >= 15 is 0 Å². The predicted molar refractivity (Wildman–Crippen MR) is 71.0 cm³/mol. The van der Waals surface area contributed by atoms with Crippen molar-refractivity contribution in [2.75, 3.05) is 7.05 Å². The maximum absolute atomic E-state index is 12.2. The van der Waals surface area contributed by atoms with E-state index in [-0.39, 0.29) is 5.91 Å². The maximum atomic E-state index is 12.2. The van der Waals surface area contributed by atoms with Gasteiger partial charge in [0.2, 0.25) is 0 Å². The second-order valence-electron chi connectivity index (χ2n) is 4.08. The zero-order valence-corrected chi connectivity index (χ0v) is 10.9. The molecule has 0 aliphatic carbocycles. The molecule has 1 aromatic carbocycles. The molecule has 94 valence electrons. The van der Waals surface area contributed by atoms with Gasteiger partial charge in [-0.15, -0.1) is 11.3 Å². The molecular weight excluding hydrogens is 250 g/mol. The molecule has 1 aromatic heterocycles. The summed E-state index contributed by atoms with van der Waals surface area (Å²) in [4.78, 5) is 24.4. The molecule has 1 unspecified atom stereocenters. The fourth-order valence-electron chi connectivity index (χ4n) is 1.67. The predicted octanol–water partition coefficient (Wildman–Crippen LogP) is 2.45. The standard InChI is InChI=1S/C13H13NO3S/c1-8(13(16)17)14(2)12(15)10-7-18-11-6-4-3-5-9(10)11/h3-8H,1-2H3,(H,16,17). The lowest BCUT2D eigenvalue weighted by Crippen LogP contribution is -2.40. The van der Waals surface area contributed by atoms with Gasteiger partial charge in [-0.3, -0.25) is 4.79 Å². The van der Waals surface area contributed by atoms with Gasteiger partial charge in [0.05, 0.1) is 5.56 Å². The Morgan fingerprint density at radius 1 is 1.33 bits per heavy atom. The van der Waals surface area contributed by atoms with Gasteiger partial charge in [0.15, 0.2) is 0 Å². The van der Waals surface area contributed by atoms with E-state index in [1.807, 2.05) is 24.3 Å². The molecular formula is C13H13NO3S. The number of benzene rings is 1. The third-order valence-corrected chi connectivity index (χ3v) is 3.93. The van der Waals surface area contributed by atoms with Crippen LogP contribution in [-0.4, -0.2) is 35.0 Å². The first-order chi connectivity index (χ1) is 8.52. The molecule has 1 heterocycles. The number of amides is 1. The van der Waals surface area contributed by atoms with E-state index < -0.39 is 12.0 Å². The summed E-state index contributed by atoms with van der Waals surface area (Å²) in [6.07, 6.45) is 0. The van der Waals surface area contributed by atoms with Crippen LogP contribution in [0.5, 0.6) is 0 Å². The molecule has 5 heteroatoms. The molecule has 0 fully saturated rings. The number of hydrogen-bond acceptors (Lipinski definition) is 3. The lowest BCUT2D eigenvalue weighted by molar-refractivity contribution is -0.141. The van der Waals surface area contributed by atoms with E-state index in [4.69, 9.17) is 5.11 Å². The highest BCUT2D eigenvalue weighted by Crippen LogP contribution is 2.26. The van der Waals surface area contributed by atoms with E-state index in [2.05, 4.69) is 0 Å². The number of hydrogen-bond donors (Lipinski definition) is 1. The fraction of sp³-hybridized carbons (Fsp3) is 0.231. The number of aliphatic carboxylic acids is 1. The van der Waals surface area contributed by atoms with Crippen LogP contribution in [0.25, 0.3) is 10.1 Å². The zero-order valence-electron chi connectivity index (χ0n) is 10.1. The SMILES string of the molecule is CC(C(=O)O)N(C)C(=O)c1csc2ccccc12. The van der Waals surface area contributed by atoms with Gasteiger partial charge >= 0.3 is 5.97 Å². The normalized spacial score (nSPS) is 12.3. The minimum absolute atomic E-state index is 0.262. The number of likely N-dealkylation sites (N-methyl/N-ethyl adjacent to an activating group) is 1. The van der Waals surface area contributed by atoms with Crippen molar-refractivity contribution in [3.05, 3.63) is 35.2 Å². The summed E-state index contributed by atoms with van der Waals surface area (Å²) in [6, 6.07) is 6.76. The third-order valence-electron chi connectivity index (χ3n) is 2.97. The second-order valence-corrected chi connectivity index (χ2v) is 4.99. The highest BCUT2D eigenvalue weighted by atomic mass is 32.1. The summed E-state index contributed by atoms with van der Waals surface area (Å²) < 4.78 is 1.03. The van der Waals surface area contributed by atoms with Crippen LogP contribution >= 0.6 is 11.3 Å². The number of fused-ring (bicyclic) bond motifs is 1. The van der Waals surface area contributed by atoms with Crippen molar-refractivity contribution in [3.8, 4) is 0 Å². The summed E-state index contributed by atoms with van der Waals surface area (Å²) in [5.74, 6) is -1.27. The Labute approximate surface area is 108 Å². The largest absolute Gasteiger partial charge is 0.480 e. The summed E-state index contributed by atoms with van der Waals surface area (Å²) >= 11 is 1.48. The van der Waals surface area contributed by atoms with E-state index in [1.54, 1.807) is 5.38 Å². The summed E-state index contributed by atoms with van der Waals surface area (Å²) in [5.41, 5.74) is 0.561. The molecule has 0 aliphatic heterocycles. The highest BCUT2D eigenvalue weighted by Gasteiger charge is 2.24. The lowest BCUT2D eigenvalue weighted by Gasteiger charge is -2.21. The summed E-state index contributed by atoms with van der Waals surface area (Å²) in [7, 11) is 1.51. The molecule has 2 rings (SSSR count). The minimum atomic E-state index is -1.01. The Morgan fingerprint density at radius 3 is 2.67 bits per heavy atom. The Balaban J connectivity index is 2.37. The molecule has 2 aromatic rings. The van der Waals surface area contributed by atoms with E-state index in [9.17, 15) is 9.59 Å². The van der Waals surface area contributed by atoms with E-state index in [1.165, 1.54) is 30.2 Å². The molecule has 0 spiro atoms. The van der Waals surface area contributed by atoms with Gasteiger partial charge in [-0.2, -0.15) is 0 Å². The summed E-state index contributed by atoms with van der Waals surface area (Å²) in [5, 5.41) is 11.6. The van der Waals surface area contributed by atoms with Crippen LogP contribution in [0.3, 0.4) is 0 Å². The van der Waals surface area contributed by atoms with Crippen molar-refractivity contribution in [3.63, 3.8) is 0 Å². The Bertz CT molecular complexity index is 605. The van der Waals surface area contributed by atoms with Crippen LogP contribution in [0.1, 0.15) is 17.3 Å². The van der Waals surface area contributed by atoms with Crippen LogP contribution < -0.4 is 0 Å². The molecule has 1 amide bonds. The Hall–Kier alpha value is -1.88. The van der Waals surface area contributed by atoms with Crippen LogP contribution in [-0.2, 0) is 4.79 Å². The highest BCUT2D eigenvalue weighted by molar-refractivity contribution is 7.17. The number of rotatable bonds is 3. The average molecular weight is 263 g/mol. The second kappa shape index (κ2) is 4.78. The first kappa shape index (κ1) is 12.6.